The van der Waals surface area contributed by atoms with Crippen molar-refractivity contribution >= 4 is 17.3 Å². The summed E-state index contributed by atoms with van der Waals surface area (Å²) in [6.45, 7) is 3.62. The molecule has 0 aliphatic carbocycles. The third kappa shape index (κ3) is 6.01. The Morgan fingerprint density at radius 2 is 1.47 bits per heavy atom. The van der Waals surface area contributed by atoms with E-state index in [0.717, 1.165) is 17.2 Å². The highest BCUT2D eigenvalue weighted by Crippen LogP contribution is 2.17. The lowest BCUT2D eigenvalue weighted by atomic mass is 10.2. The van der Waals surface area contributed by atoms with Crippen LogP contribution in [0.1, 0.15) is 22.8 Å². The van der Waals surface area contributed by atoms with Gasteiger partial charge in [-0.15, -0.1) is 0 Å². The highest BCUT2D eigenvalue weighted by molar-refractivity contribution is 6.04. The van der Waals surface area contributed by atoms with Crippen molar-refractivity contribution in [1.29, 1.82) is 5.26 Å². The molecule has 0 saturated heterocycles. The predicted octanol–water partition coefficient (Wildman–Crippen LogP) is 4.70. The standard InChI is InChI=1S/C24H23N3O3/c1-2-29-22-13-9-21(10-14-22)27-24(28)19-5-7-20(8-6-19)26-15-16-30-23-11-3-18(17-25)4-12-23/h3-14,26H,2,15-16H2,1H3,(H,27,28). The molecule has 0 heterocycles. The van der Waals surface area contributed by atoms with Crippen molar-refractivity contribution < 1.29 is 14.3 Å². The number of anilines is 2. The van der Waals surface area contributed by atoms with Crippen molar-refractivity contribution in [3.05, 3.63) is 83.9 Å². The van der Waals surface area contributed by atoms with Gasteiger partial charge in [0.2, 0.25) is 0 Å². The second kappa shape index (κ2) is 10.5. The maximum atomic E-state index is 12.4. The molecule has 0 aromatic heterocycles. The van der Waals surface area contributed by atoms with Crippen LogP contribution in [0.2, 0.25) is 0 Å². The summed E-state index contributed by atoms with van der Waals surface area (Å²) in [5, 5.41) is 14.9. The van der Waals surface area contributed by atoms with E-state index in [1.54, 1.807) is 36.4 Å². The zero-order valence-electron chi connectivity index (χ0n) is 16.7. The average molecular weight is 401 g/mol. The second-order valence-electron chi connectivity index (χ2n) is 6.40. The maximum Gasteiger partial charge on any atom is 0.255 e. The summed E-state index contributed by atoms with van der Waals surface area (Å²) < 4.78 is 11.0. The molecule has 3 aromatic carbocycles. The number of rotatable bonds is 9. The molecule has 0 bridgehead atoms. The highest BCUT2D eigenvalue weighted by Gasteiger charge is 2.06. The fourth-order valence-corrected chi connectivity index (χ4v) is 2.73. The number of carbonyl (C=O) groups is 1. The van der Waals surface area contributed by atoms with E-state index in [1.165, 1.54) is 0 Å². The van der Waals surface area contributed by atoms with Gasteiger partial charge in [0.25, 0.3) is 5.91 Å². The molecule has 0 fully saturated rings. The number of hydrogen-bond donors (Lipinski definition) is 2. The molecule has 3 rings (SSSR count). The first-order valence-corrected chi connectivity index (χ1v) is 9.69. The lowest BCUT2D eigenvalue weighted by molar-refractivity contribution is 0.102. The SMILES string of the molecule is CCOc1ccc(NC(=O)c2ccc(NCCOc3ccc(C#N)cc3)cc2)cc1. The zero-order valence-corrected chi connectivity index (χ0v) is 16.7. The quantitative estimate of drug-likeness (QED) is 0.508. The van der Waals surface area contributed by atoms with Gasteiger partial charge in [0.05, 0.1) is 18.2 Å². The minimum atomic E-state index is -0.171. The van der Waals surface area contributed by atoms with Crippen molar-refractivity contribution in [2.45, 2.75) is 6.92 Å². The van der Waals surface area contributed by atoms with Crippen LogP contribution in [0.5, 0.6) is 11.5 Å². The fraction of sp³-hybridized carbons (Fsp3) is 0.167. The predicted molar refractivity (Wildman–Crippen MR) is 117 cm³/mol. The van der Waals surface area contributed by atoms with E-state index in [2.05, 4.69) is 16.7 Å². The molecule has 2 N–H and O–H groups in total. The number of nitrogens with zero attached hydrogens (tertiary/aromatic N) is 1. The summed E-state index contributed by atoms with van der Waals surface area (Å²) in [6, 6.07) is 23.6. The average Bonchev–Trinajstić information content (AvgIpc) is 2.79. The van der Waals surface area contributed by atoms with Gasteiger partial charge < -0.3 is 20.1 Å². The Hall–Kier alpha value is -3.98. The molecule has 0 saturated carbocycles. The van der Waals surface area contributed by atoms with E-state index in [9.17, 15) is 4.79 Å². The van der Waals surface area contributed by atoms with Crippen LogP contribution < -0.4 is 20.1 Å². The minimum absolute atomic E-state index is 0.171. The molecule has 0 aliphatic rings. The van der Waals surface area contributed by atoms with Crippen LogP contribution in [0, 0.1) is 11.3 Å². The Morgan fingerprint density at radius 3 is 2.10 bits per heavy atom. The van der Waals surface area contributed by atoms with Crippen molar-refractivity contribution in [2.75, 3.05) is 30.4 Å². The van der Waals surface area contributed by atoms with Gasteiger partial charge in [-0.3, -0.25) is 4.79 Å². The third-order valence-corrected chi connectivity index (χ3v) is 4.25. The smallest absolute Gasteiger partial charge is 0.255 e. The van der Waals surface area contributed by atoms with Crippen LogP contribution >= 0.6 is 0 Å². The van der Waals surface area contributed by atoms with E-state index >= 15 is 0 Å². The molecule has 6 heteroatoms. The van der Waals surface area contributed by atoms with Crippen molar-refractivity contribution in [1.82, 2.24) is 0 Å². The minimum Gasteiger partial charge on any atom is -0.494 e. The van der Waals surface area contributed by atoms with Crippen LogP contribution in [0.4, 0.5) is 11.4 Å². The molecule has 0 unspecified atom stereocenters. The molecule has 6 nitrogen and oxygen atoms in total. The number of benzene rings is 3. The van der Waals surface area contributed by atoms with Crippen LogP contribution in [0.15, 0.2) is 72.8 Å². The number of ether oxygens (including phenoxy) is 2. The topological polar surface area (TPSA) is 83.4 Å². The first-order chi connectivity index (χ1) is 14.7. The fourth-order valence-electron chi connectivity index (χ4n) is 2.73. The molecule has 30 heavy (non-hydrogen) atoms. The molecule has 1 amide bonds. The Balaban J connectivity index is 1.44. The Labute approximate surface area is 176 Å². The Bertz CT molecular complexity index is 992. The molecule has 3 aromatic rings. The molecule has 0 atom stereocenters. The van der Waals surface area contributed by atoms with E-state index in [0.29, 0.717) is 36.6 Å². The largest absolute Gasteiger partial charge is 0.494 e. The molecule has 0 aliphatic heterocycles. The van der Waals surface area contributed by atoms with Gasteiger partial charge in [-0.1, -0.05) is 0 Å². The van der Waals surface area contributed by atoms with Gasteiger partial charge in [0.1, 0.15) is 18.1 Å². The molecule has 152 valence electrons. The van der Waals surface area contributed by atoms with Crippen molar-refractivity contribution in [3.8, 4) is 17.6 Å². The van der Waals surface area contributed by atoms with Gasteiger partial charge in [0, 0.05) is 23.5 Å². The number of nitrogens with one attached hydrogen (secondary N) is 2. The summed E-state index contributed by atoms with van der Waals surface area (Å²) in [7, 11) is 0. The van der Waals surface area contributed by atoms with Crippen LogP contribution in [-0.4, -0.2) is 25.7 Å². The second-order valence-corrected chi connectivity index (χ2v) is 6.40. The van der Waals surface area contributed by atoms with Gasteiger partial charge >= 0.3 is 0 Å². The van der Waals surface area contributed by atoms with Crippen LogP contribution in [0.3, 0.4) is 0 Å². The summed E-state index contributed by atoms with van der Waals surface area (Å²) >= 11 is 0. The van der Waals surface area contributed by atoms with E-state index in [1.807, 2.05) is 43.3 Å². The summed E-state index contributed by atoms with van der Waals surface area (Å²) in [5.41, 5.74) is 2.79. The number of hydrogen-bond acceptors (Lipinski definition) is 5. The summed E-state index contributed by atoms with van der Waals surface area (Å²) in [6.07, 6.45) is 0. The molecular weight excluding hydrogens is 378 g/mol. The Kier molecular flexibility index (Phi) is 7.28. The van der Waals surface area contributed by atoms with E-state index in [4.69, 9.17) is 14.7 Å². The van der Waals surface area contributed by atoms with Gasteiger partial charge in [0.15, 0.2) is 0 Å². The zero-order chi connectivity index (χ0) is 21.2. The summed E-state index contributed by atoms with van der Waals surface area (Å²) in [4.78, 5) is 12.4. The number of nitriles is 1. The van der Waals surface area contributed by atoms with E-state index < -0.39 is 0 Å². The lowest BCUT2D eigenvalue weighted by Gasteiger charge is -2.10. The molecular formula is C24H23N3O3. The van der Waals surface area contributed by atoms with Crippen molar-refractivity contribution in [3.63, 3.8) is 0 Å². The lowest BCUT2D eigenvalue weighted by Crippen LogP contribution is -2.13. The number of carbonyl (C=O) groups excluding carboxylic acids is 1. The van der Waals surface area contributed by atoms with Crippen LogP contribution in [-0.2, 0) is 0 Å². The first-order valence-electron chi connectivity index (χ1n) is 9.69. The monoisotopic (exact) mass is 401 g/mol. The van der Waals surface area contributed by atoms with Gasteiger partial charge in [-0.25, -0.2) is 0 Å². The van der Waals surface area contributed by atoms with Crippen molar-refractivity contribution in [2.24, 2.45) is 0 Å². The normalized spacial score (nSPS) is 10.0. The van der Waals surface area contributed by atoms with Crippen LogP contribution in [0.25, 0.3) is 0 Å². The van der Waals surface area contributed by atoms with Gasteiger partial charge in [-0.05, 0) is 79.7 Å². The Morgan fingerprint density at radius 1 is 0.867 bits per heavy atom. The first kappa shape index (κ1) is 20.7. The molecule has 0 radical (unpaired) electrons. The maximum absolute atomic E-state index is 12.4. The van der Waals surface area contributed by atoms with E-state index in [-0.39, 0.29) is 5.91 Å². The number of amides is 1. The summed E-state index contributed by atoms with van der Waals surface area (Å²) in [5.74, 6) is 1.32. The highest BCUT2D eigenvalue weighted by atomic mass is 16.5. The van der Waals surface area contributed by atoms with Gasteiger partial charge in [-0.2, -0.15) is 5.26 Å². The molecule has 0 spiro atoms. The third-order valence-electron chi connectivity index (χ3n) is 4.25.